The van der Waals surface area contributed by atoms with E-state index >= 15 is 0 Å². The van der Waals surface area contributed by atoms with E-state index in [9.17, 15) is 4.79 Å². The Balaban J connectivity index is 2.80. The molecule has 2 nitrogen and oxygen atoms in total. The van der Waals surface area contributed by atoms with Gasteiger partial charge < -0.3 is 5.32 Å². The third kappa shape index (κ3) is 4.49. The van der Waals surface area contributed by atoms with Crippen LogP contribution in [-0.2, 0) is 0 Å². The molecule has 0 bridgehead atoms. The summed E-state index contributed by atoms with van der Waals surface area (Å²) in [6.07, 6.45) is 0.717. The van der Waals surface area contributed by atoms with Gasteiger partial charge in [0, 0.05) is 21.5 Å². The van der Waals surface area contributed by atoms with Gasteiger partial charge in [0.1, 0.15) is 0 Å². The van der Waals surface area contributed by atoms with Crippen LogP contribution in [0.5, 0.6) is 0 Å². The summed E-state index contributed by atoms with van der Waals surface area (Å²) >= 11 is 14.8. The van der Waals surface area contributed by atoms with Crippen LogP contribution in [0.4, 0.5) is 0 Å². The summed E-state index contributed by atoms with van der Waals surface area (Å²) < 4.78 is 0.710. The van der Waals surface area contributed by atoms with Gasteiger partial charge in [0.25, 0.3) is 5.91 Å². The molecule has 0 atom stereocenters. The van der Waals surface area contributed by atoms with E-state index in [2.05, 4.69) is 21.2 Å². The number of alkyl halides is 1. The van der Waals surface area contributed by atoms with Crippen LogP contribution in [0.2, 0.25) is 5.02 Å². The molecule has 0 heterocycles. The highest BCUT2D eigenvalue weighted by Crippen LogP contribution is 2.23. The zero-order valence-electron chi connectivity index (χ0n) is 9.69. The Kier molecular flexibility index (Phi) is 5.29. The minimum absolute atomic E-state index is 0.127. The van der Waals surface area contributed by atoms with Gasteiger partial charge in [0.2, 0.25) is 0 Å². The molecule has 0 saturated heterocycles. The Morgan fingerprint density at radius 1 is 1.47 bits per heavy atom. The Bertz CT molecular complexity index is 421. The first-order chi connectivity index (χ1) is 7.85. The third-order valence-corrected chi connectivity index (χ3v) is 3.76. The molecule has 0 aliphatic heterocycles. The minimum atomic E-state index is -0.315. The maximum Gasteiger partial charge on any atom is 0.251 e. The van der Waals surface area contributed by atoms with E-state index in [1.54, 1.807) is 18.2 Å². The van der Waals surface area contributed by atoms with E-state index in [1.165, 1.54) is 0 Å². The van der Waals surface area contributed by atoms with Crippen molar-refractivity contribution in [2.75, 3.05) is 5.88 Å². The Hall–Kier alpha value is -0.250. The smallest absolute Gasteiger partial charge is 0.251 e. The fourth-order valence-corrected chi connectivity index (χ4v) is 2.28. The lowest BCUT2D eigenvalue weighted by Crippen LogP contribution is -2.43. The molecule has 0 spiro atoms. The second-order valence-electron chi connectivity index (χ2n) is 4.41. The van der Waals surface area contributed by atoms with Crippen LogP contribution in [0, 0.1) is 0 Å². The van der Waals surface area contributed by atoms with Crippen molar-refractivity contribution in [2.24, 2.45) is 0 Å². The van der Waals surface area contributed by atoms with Crippen molar-refractivity contribution in [2.45, 2.75) is 25.8 Å². The predicted octanol–water partition coefficient (Wildman–Crippen LogP) is 4.24. The summed E-state index contributed by atoms with van der Waals surface area (Å²) in [6, 6.07) is 5.09. The molecule has 0 saturated carbocycles. The number of hydrogen-bond donors (Lipinski definition) is 1. The highest BCUT2D eigenvalue weighted by atomic mass is 79.9. The first kappa shape index (κ1) is 14.8. The van der Waals surface area contributed by atoms with Gasteiger partial charge in [-0.25, -0.2) is 0 Å². The second kappa shape index (κ2) is 6.07. The number of carbonyl (C=O) groups excluding carboxylic acids is 1. The van der Waals surface area contributed by atoms with Gasteiger partial charge in [0.15, 0.2) is 0 Å². The van der Waals surface area contributed by atoms with E-state index in [-0.39, 0.29) is 11.4 Å². The standard InChI is InChI=1S/C12H14BrCl2NO/c1-12(2,5-6-14)16-11(17)8-3-4-10(15)9(13)7-8/h3-4,7H,5-6H2,1-2H3,(H,16,17). The Labute approximate surface area is 120 Å². The average molecular weight is 339 g/mol. The van der Waals surface area contributed by atoms with Gasteiger partial charge in [-0.1, -0.05) is 11.6 Å². The lowest BCUT2D eigenvalue weighted by Gasteiger charge is -2.25. The molecule has 0 aromatic heterocycles. The summed E-state index contributed by atoms with van der Waals surface area (Å²) in [5.74, 6) is 0.384. The van der Waals surface area contributed by atoms with E-state index in [4.69, 9.17) is 23.2 Å². The third-order valence-electron chi connectivity index (χ3n) is 2.35. The largest absolute Gasteiger partial charge is 0.347 e. The summed E-state index contributed by atoms with van der Waals surface area (Å²) in [7, 11) is 0. The van der Waals surface area contributed by atoms with Crippen LogP contribution < -0.4 is 5.32 Å². The van der Waals surface area contributed by atoms with Crippen molar-refractivity contribution in [3.63, 3.8) is 0 Å². The van der Waals surface area contributed by atoms with Gasteiger partial charge >= 0.3 is 0 Å². The molecular formula is C12H14BrCl2NO. The van der Waals surface area contributed by atoms with Crippen LogP contribution >= 0.6 is 39.1 Å². The van der Waals surface area contributed by atoms with Gasteiger partial charge in [-0.05, 0) is 54.4 Å². The summed E-state index contributed by atoms with van der Waals surface area (Å²) in [5, 5.41) is 3.52. The number of nitrogens with one attached hydrogen (secondary N) is 1. The summed E-state index contributed by atoms with van der Waals surface area (Å²) in [6.45, 7) is 3.89. The van der Waals surface area contributed by atoms with E-state index in [1.807, 2.05) is 13.8 Å². The molecule has 0 unspecified atom stereocenters. The molecule has 0 aliphatic carbocycles. The lowest BCUT2D eigenvalue weighted by molar-refractivity contribution is 0.0911. The van der Waals surface area contributed by atoms with Crippen LogP contribution in [0.15, 0.2) is 22.7 Å². The number of hydrogen-bond acceptors (Lipinski definition) is 1. The van der Waals surface area contributed by atoms with Gasteiger partial charge in [0.05, 0.1) is 5.02 Å². The molecule has 1 amide bonds. The monoisotopic (exact) mass is 337 g/mol. The number of benzene rings is 1. The molecule has 94 valence electrons. The van der Waals surface area contributed by atoms with Crippen molar-refractivity contribution in [1.82, 2.24) is 5.32 Å². The number of carbonyl (C=O) groups is 1. The highest BCUT2D eigenvalue weighted by Gasteiger charge is 2.20. The average Bonchev–Trinajstić information content (AvgIpc) is 2.21. The molecule has 5 heteroatoms. The number of amides is 1. The zero-order valence-corrected chi connectivity index (χ0v) is 12.8. The van der Waals surface area contributed by atoms with Crippen LogP contribution in [-0.4, -0.2) is 17.3 Å². The summed E-state index contributed by atoms with van der Waals surface area (Å²) in [5.41, 5.74) is 0.259. The Morgan fingerprint density at radius 2 is 2.12 bits per heavy atom. The first-order valence-corrected chi connectivity index (χ1v) is 6.90. The van der Waals surface area contributed by atoms with Crippen molar-refractivity contribution in [1.29, 1.82) is 0 Å². The van der Waals surface area contributed by atoms with Gasteiger partial charge in [-0.3, -0.25) is 4.79 Å². The van der Waals surface area contributed by atoms with Crippen molar-refractivity contribution >= 4 is 45.0 Å². The van der Waals surface area contributed by atoms with E-state index in [0.717, 1.165) is 6.42 Å². The Morgan fingerprint density at radius 3 is 2.65 bits per heavy atom. The molecule has 0 radical (unpaired) electrons. The van der Waals surface area contributed by atoms with Crippen molar-refractivity contribution in [3.05, 3.63) is 33.3 Å². The predicted molar refractivity (Wildman–Crippen MR) is 76.0 cm³/mol. The minimum Gasteiger partial charge on any atom is -0.347 e. The SMILES string of the molecule is CC(C)(CCCl)NC(=O)c1ccc(Cl)c(Br)c1. The molecule has 1 N–H and O–H groups in total. The van der Waals surface area contributed by atoms with E-state index < -0.39 is 0 Å². The number of halogens is 3. The quantitative estimate of drug-likeness (QED) is 0.817. The molecule has 1 rings (SSSR count). The van der Waals surface area contributed by atoms with Crippen LogP contribution in [0.1, 0.15) is 30.6 Å². The maximum atomic E-state index is 12.0. The zero-order chi connectivity index (χ0) is 13.1. The van der Waals surface area contributed by atoms with Gasteiger partial charge in [-0.15, -0.1) is 11.6 Å². The van der Waals surface area contributed by atoms with E-state index in [0.29, 0.717) is 20.9 Å². The highest BCUT2D eigenvalue weighted by molar-refractivity contribution is 9.10. The van der Waals surface area contributed by atoms with Crippen LogP contribution in [0.25, 0.3) is 0 Å². The molecule has 1 aromatic rings. The first-order valence-electron chi connectivity index (χ1n) is 5.19. The molecular weight excluding hydrogens is 325 g/mol. The normalized spacial score (nSPS) is 11.4. The number of rotatable bonds is 4. The fraction of sp³-hybridized carbons (Fsp3) is 0.417. The van der Waals surface area contributed by atoms with Crippen LogP contribution in [0.3, 0.4) is 0 Å². The summed E-state index contributed by atoms with van der Waals surface area (Å²) in [4.78, 5) is 12.0. The molecule has 1 aromatic carbocycles. The fourth-order valence-electron chi connectivity index (χ4n) is 1.32. The lowest BCUT2D eigenvalue weighted by atomic mass is 10.0. The second-order valence-corrected chi connectivity index (χ2v) is 6.05. The molecule has 0 aliphatic rings. The topological polar surface area (TPSA) is 29.1 Å². The maximum absolute atomic E-state index is 12.0. The van der Waals surface area contributed by atoms with Gasteiger partial charge in [-0.2, -0.15) is 0 Å². The van der Waals surface area contributed by atoms with Crippen molar-refractivity contribution < 1.29 is 4.79 Å². The van der Waals surface area contributed by atoms with Crippen molar-refractivity contribution in [3.8, 4) is 0 Å². The molecule has 17 heavy (non-hydrogen) atoms. The molecule has 0 fully saturated rings.